The van der Waals surface area contributed by atoms with Crippen molar-refractivity contribution in [3.8, 4) is 0 Å². The van der Waals surface area contributed by atoms with E-state index in [1.807, 2.05) is 16.0 Å². The van der Waals surface area contributed by atoms with E-state index in [2.05, 4.69) is 16.0 Å². The van der Waals surface area contributed by atoms with E-state index in [0.717, 1.165) is 0 Å². The molecule has 0 aliphatic carbocycles. The number of rotatable bonds is 30. The Bertz CT molecular complexity index is 1600. The van der Waals surface area contributed by atoms with Crippen molar-refractivity contribution < 1.29 is 135 Å². The molecule has 0 fully saturated rings. The number of nitrogens with two attached hydrogens (primary N) is 3. The first kappa shape index (κ1) is 66.1. The predicted molar refractivity (Wildman–Crippen MR) is 201 cm³/mol. The molecule has 0 saturated carbocycles. The molecular formula is C33H48CrN9O24. The quantitative estimate of drug-likeness (QED) is 0.0318. The maximum absolute atomic E-state index is 11.4. The number of aliphatic carboxylic acids is 9. The Morgan fingerprint density at radius 3 is 0.687 bits per heavy atom. The van der Waals surface area contributed by atoms with Gasteiger partial charge in [-0.1, -0.05) is 0 Å². The van der Waals surface area contributed by atoms with Gasteiger partial charge in [0.25, 0.3) is 0 Å². The average Bonchev–Trinajstić information content (AvgIpc) is 3.16. The fourth-order valence-corrected chi connectivity index (χ4v) is 4.04. The van der Waals surface area contributed by atoms with E-state index in [0.29, 0.717) is 0 Å². The molecule has 0 aromatic carbocycles. The van der Waals surface area contributed by atoms with Gasteiger partial charge in [0.1, 0.15) is 0 Å². The van der Waals surface area contributed by atoms with Crippen molar-refractivity contribution in [3.63, 3.8) is 0 Å². The van der Waals surface area contributed by atoms with Gasteiger partial charge in [0.15, 0.2) is 0 Å². The summed E-state index contributed by atoms with van der Waals surface area (Å²) in [7, 11) is 0. The third kappa shape index (κ3) is 37.5. The topological polar surface area (TPSA) is 597 Å². The third-order valence-corrected chi connectivity index (χ3v) is 7.14. The van der Waals surface area contributed by atoms with Gasteiger partial charge in [-0.15, -0.1) is 0 Å². The molecule has 0 bridgehead atoms. The summed E-state index contributed by atoms with van der Waals surface area (Å²) in [6, 6.07) is -8.88. The van der Waals surface area contributed by atoms with E-state index < -0.39 is 164 Å². The van der Waals surface area contributed by atoms with Crippen LogP contribution in [0.25, 0.3) is 0 Å². The molecular weight excluding hydrogens is 958 g/mol. The van der Waals surface area contributed by atoms with Gasteiger partial charge in [-0.2, -0.15) is 0 Å². The van der Waals surface area contributed by atoms with Crippen molar-refractivity contribution in [3.05, 3.63) is 0 Å². The van der Waals surface area contributed by atoms with Crippen LogP contribution in [0.2, 0.25) is 0 Å². The first-order chi connectivity index (χ1) is 30.4. The maximum atomic E-state index is 11.4. The molecule has 34 heteroatoms. The minimum absolute atomic E-state index is 0. The SMILES string of the molecule is N[C@@H](CC(=O)O)C(=O)NCCC(=O)N[C@@H](CC(=O)O)C(=O)[O-].N[C@@H](CC(=O)O)C(=O)NCCC(=O)N[C@@H](CC(=O)O)C(=O)[O-].N[C@@H](CC(=O)O)C(=O)NCCC(=O)N[C@@H](CC(=O)O)C(=O)[O-].[Cr+3]. The molecule has 6 atom stereocenters. The summed E-state index contributed by atoms with van der Waals surface area (Å²) in [5.41, 5.74) is 15.8. The van der Waals surface area contributed by atoms with Crippen molar-refractivity contribution in [2.45, 2.75) is 94.0 Å². The van der Waals surface area contributed by atoms with Gasteiger partial charge >= 0.3 is 53.2 Å². The molecule has 0 heterocycles. The van der Waals surface area contributed by atoms with Crippen LogP contribution in [0.3, 0.4) is 0 Å². The first-order valence-corrected chi connectivity index (χ1v) is 18.3. The second-order valence-corrected chi connectivity index (χ2v) is 12.8. The Labute approximate surface area is 386 Å². The Hall–Kier alpha value is -7.54. The van der Waals surface area contributed by atoms with Gasteiger partial charge in [-0.05, 0) is 0 Å². The summed E-state index contributed by atoms with van der Waals surface area (Å²) in [6.07, 6.45) is -5.28. The summed E-state index contributed by atoms with van der Waals surface area (Å²) >= 11 is 0. The molecule has 6 amide bonds. The number of carbonyl (C=O) groups excluding carboxylic acids is 9. The number of carbonyl (C=O) groups is 15. The Morgan fingerprint density at radius 1 is 0.358 bits per heavy atom. The Balaban J connectivity index is -0.000000441. The monoisotopic (exact) mass is 1010 g/mol. The molecule has 0 aromatic rings. The summed E-state index contributed by atoms with van der Waals surface area (Å²) in [5, 5.41) is 94.9. The molecule has 18 N–H and O–H groups in total. The number of carboxylic acid groups (broad SMARTS) is 9. The largest absolute Gasteiger partial charge is 3.00 e. The standard InChI is InChI=1S/3C11H17N3O8.Cr/c3*12-5(3-8(16)17)10(20)13-2-1-7(15)14-6(11(21)22)4-9(18)19;/h3*5-6H,1-4,12H2,(H,13,20)(H,14,15)(H,16,17)(H,18,19)(H,21,22);/q;;;+3/p-3/t3*5-,6-;/m000./s1. The molecule has 0 aliphatic heterocycles. The summed E-state index contributed by atoms with van der Waals surface area (Å²) in [4.78, 5) is 162. The van der Waals surface area contributed by atoms with Crippen molar-refractivity contribution >= 4 is 89.2 Å². The van der Waals surface area contributed by atoms with Gasteiger partial charge in [0.05, 0.1) is 92.7 Å². The minimum atomic E-state index is -1.75. The van der Waals surface area contributed by atoms with Crippen LogP contribution < -0.4 is 64.4 Å². The first-order valence-electron chi connectivity index (χ1n) is 18.3. The van der Waals surface area contributed by atoms with E-state index in [9.17, 15) is 87.2 Å². The van der Waals surface area contributed by atoms with E-state index in [1.54, 1.807) is 0 Å². The minimum Gasteiger partial charge on any atom is -0.548 e. The van der Waals surface area contributed by atoms with Crippen molar-refractivity contribution in [1.82, 2.24) is 31.9 Å². The number of hydrogen-bond acceptors (Lipinski definition) is 21. The Morgan fingerprint density at radius 2 is 0.537 bits per heavy atom. The van der Waals surface area contributed by atoms with Crippen LogP contribution in [0.4, 0.5) is 0 Å². The number of nitrogens with one attached hydrogen (secondary N) is 6. The predicted octanol–water partition coefficient (Wildman–Crippen LogP) is -12.0. The smallest absolute Gasteiger partial charge is 0.548 e. The number of amides is 6. The van der Waals surface area contributed by atoms with Crippen LogP contribution in [0.15, 0.2) is 0 Å². The second kappa shape index (κ2) is 35.8. The van der Waals surface area contributed by atoms with Gasteiger partial charge in [-0.25, -0.2) is 0 Å². The normalized spacial score (nSPS) is 12.6. The molecule has 0 saturated heterocycles. The zero-order valence-electron chi connectivity index (χ0n) is 34.6. The summed E-state index contributed by atoms with van der Waals surface area (Å²) in [6.45, 7) is -0.652. The molecule has 0 aromatic heterocycles. The van der Waals surface area contributed by atoms with Crippen molar-refractivity contribution in [2.75, 3.05) is 19.6 Å². The van der Waals surface area contributed by atoms with E-state index >= 15 is 0 Å². The molecule has 0 unspecified atom stereocenters. The van der Waals surface area contributed by atoms with Crippen LogP contribution in [-0.4, -0.2) is 176 Å². The van der Waals surface area contributed by atoms with Gasteiger partial charge in [0.2, 0.25) is 35.4 Å². The Kier molecular flexibility index (Phi) is 35.3. The van der Waals surface area contributed by atoms with Crippen molar-refractivity contribution in [2.24, 2.45) is 17.2 Å². The van der Waals surface area contributed by atoms with Crippen LogP contribution >= 0.6 is 0 Å². The average molecular weight is 1010 g/mol. The summed E-state index contributed by atoms with van der Waals surface area (Å²) < 4.78 is 0. The third-order valence-electron chi connectivity index (χ3n) is 7.14. The number of hydrogen-bond donors (Lipinski definition) is 15. The molecule has 33 nitrogen and oxygen atoms in total. The fraction of sp³-hybridized carbons (Fsp3) is 0.545. The van der Waals surface area contributed by atoms with E-state index in [1.165, 1.54) is 0 Å². The molecule has 0 rings (SSSR count). The molecule has 1 radical (unpaired) electrons. The van der Waals surface area contributed by atoms with Crippen molar-refractivity contribution in [1.29, 1.82) is 0 Å². The van der Waals surface area contributed by atoms with Gasteiger partial charge < -0.3 is 109 Å². The molecule has 67 heavy (non-hydrogen) atoms. The summed E-state index contributed by atoms with van der Waals surface area (Å²) in [5.74, 6) is -18.1. The van der Waals surface area contributed by atoms with Crippen LogP contribution in [0, 0.1) is 0 Å². The molecule has 0 spiro atoms. The zero-order valence-corrected chi connectivity index (χ0v) is 35.9. The van der Waals surface area contributed by atoms with Crippen LogP contribution in [0.5, 0.6) is 0 Å². The van der Waals surface area contributed by atoms with Crippen LogP contribution in [0.1, 0.15) is 57.8 Å². The van der Waals surface area contributed by atoms with Gasteiger partial charge in [0, 0.05) is 38.9 Å². The fourth-order valence-electron chi connectivity index (χ4n) is 4.04. The van der Waals surface area contributed by atoms with E-state index in [4.69, 9.17) is 47.8 Å². The molecule has 0 aliphatic rings. The number of carboxylic acids is 9. The second-order valence-electron chi connectivity index (χ2n) is 12.8. The molecule has 375 valence electrons. The van der Waals surface area contributed by atoms with Crippen LogP contribution in [-0.2, 0) is 89.3 Å². The van der Waals surface area contributed by atoms with E-state index in [-0.39, 0.29) is 56.3 Å². The zero-order chi connectivity index (χ0) is 51.9. The van der Waals surface area contributed by atoms with Gasteiger partial charge in [-0.3, -0.25) is 57.5 Å². The maximum Gasteiger partial charge on any atom is 3.00 e.